The molecule has 3 heteroatoms. The van der Waals surface area contributed by atoms with E-state index in [4.69, 9.17) is 4.42 Å². The number of thiophene rings is 1. The number of fused-ring (bicyclic) bond motifs is 12. The van der Waals surface area contributed by atoms with Crippen molar-refractivity contribution in [2.24, 2.45) is 0 Å². The molecule has 2 aliphatic carbocycles. The van der Waals surface area contributed by atoms with Crippen LogP contribution in [0.25, 0.3) is 64.4 Å². The van der Waals surface area contributed by atoms with Crippen LogP contribution in [-0.4, -0.2) is 0 Å². The molecule has 2 aromatic heterocycles. The monoisotopic (exact) mass is 921 g/mol. The lowest BCUT2D eigenvalue weighted by Crippen LogP contribution is -2.31. The van der Waals surface area contributed by atoms with Crippen LogP contribution < -0.4 is 4.90 Å². The van der Waals surface area contributed by atoms with Gasteiger partial charge in [-0.25, -0.2) is 0 Å². The van der Waals surface area contributed by atoms with Crippen molar-refractivity contribution in [1.82, 2.24) is 0 Å². The van der Waals surface area contributed by atoms with E-state index >= 15 is 0 Å². The van der Waals surface area contributed by atoms with Gasteiger partial charge in [0.1, 0.15) is 11.2 Å². The first kappa shape index (κ1) is 40.2. The largest absolute Gasteiger partial charge is 0.456 e. The van der Waals surface area contributed by atoms with Crippen molar-refractivity contribution in [3.05, 3.63) is 305 Å². The Labute approximate surface area is 416 Å². The highest BCUT2D eigenvalue weighted by Gasteiger charge is 2.51. The van der Waals surface area contributed by atoms with Crippen LogP contribution in [0.3, 0.4) is 0 Å². The topological polar surface area (TPSA) is 16.4 Å². The van der Waals surface area contributed by atoms with E-state index in [9.17, 15) is 0 Å². The summed E-state index contributed by atoms with van der Waals surface area (Å²) in [6.07, 6.45) is 0. The van der Waals surface area contributed by atoms with Crippen molar-refractivity contribution in [2.45, 2.75) is 10.8 Å². The second kappa shape index (κ2) is 15.4. The zero-order valence-corrected chi connectivity index (χ0v) is 39.4. The summed E-state index contributed by atoms with van der Waals surface area (Å²) in [5, 5.41) is 4.69. The van der Waals surface area contributed by atoms with Crippen LogP contribution >= 0.6 is 11.3 Å². The molecule has 0 saturated heterocycles. The first-order chi connectivity index (χ1) is 35.2. The Morgan fingerprint density at radius 3 is 1.49 bits per heavy atom. The Kier molecular flexibility index (Phi) is 8.69. The Balaban J connectivity index is 1.13. The van der Waals surface area contributed by atoms with Gasteiger partial charge in [-0.3, -0.25) is 0 Å². The summed E-state index contributed by atoms with van der Waals surface area (Å²) >= 11 is 1.87. The van der Waals surface area contributed by atoms with Gasteiger partial charge in [-0.15, -0.1) is 11.3 Å². The number of hydrogen-bond donors (Lipinski definition) is 0. The maximum absolute atomic E-state index is 7.41. The lowest BCUT2D eigenvalue weighted by Gasteiger charge is -2.39. The summed E-state index contributed by atoms with van der Waals surface area (Å²) in [5.74, 6) is 0. The Hall–Kier alpha value is -8.76. The van der Waals surface area contributed by atoms with Crippen LogP contribution in [0, 0.1) is 0 Å². The van der Waals surface area contributed by atoms with Gasteiger partial charge < -0.3 is 9.32 Å². The third kappa shape index (κ3) is 5.47. The molecular formula is C68H43NOS. The van der Waals surface area contributed by atoms with Crippen molar-refractivity contribution in [3.63, 3.8) is 0 Å². The fraction of sp³-hybridized carbons (Fsp3) is 0.0294. The normalized spacial score (nSPS) is 13.9. The summed E-state index contributed by atoms with van der Waals surface area (Å²) < 4.78 is 9.90. The molecule has 332 valence electrons. The molecule has 0 unspecified atom stereocenters. The Bertz CT molecular complexity index is 4160. The molecule has 71 heavy (non-hydrogen) atoms. The summed E-state index contributed by atoms with van der Waals surface area (Å²) in [5.41, 5.74) is 18.3. The van der Waals surface area contributed by atoms with Crippen LogP contribution in [-0.2, 0) is 10.8 Å². The third-order valence-corrected chi connectivity index (χ3v) is 16.8. The molecule has 0 fully saturated rings. The van der Waals surface area contributed by atoms with Gasteiger partial charge in [0, 0.05) is 37.5 Å². The molecular weight excluding hydrogens is 879 g/mol. The number of anilines is 3. The zero-order valence-electron chi connectivity index (χ0n) is 38.6. The molecule has 0 atom stereocenters. The third-order valence-electron chi connectivity index (χ3n) is 15.6. The average molecular weight is 922 g/mol. The van der Waals surface area contributed by atoms with Gasteiger partial charge in [0.2, 0.25) is 0 Å². The van der Waals surface area contributed by atoms with Gasteiger partial charge in [-0.1, -0.05) is 218 Å². The number of hydrogen-bond acceptors (Lipinski definition) is 3. The van der Waals surface area contributed by atoms with Crippen LogP contribution in [0.15, 0.2) is 265 Å². The van der Waals surface area contributed by atoms with Crippen molar-refractivity contribution in [2.75, 3.05) is 4.90 Å². The van der Waals surface area contributed by atoms with E-state index in [1.54, 1.807) is 0 Å². The molecule has 2 heterocycles. The Morgan fingerprint density at radius 2 is 0.845 bits per heavy atom. The van der Waals surface area contributed by atoms with Gasteiger partial charge in [0.05, 0.1) is 26.9 Å². The number of para-hydroxylation sites is 1. The lowest BCUT2D eigenvalue weighted by molar-refractivity contribution is 0.648. The van der Waals surface area contributed by atoms with E-state index in [1.165, 1.54) is 81.4 Å². The molecule has 0 saturated carbocycles. The quantitative estimate of drug-likeness (QED) is 0.158. The molecule has 0 amide bonds. The SMILES string of the molecule is c1ccc(C2(c3ccccc3)c3ccccc3-c3ccc(N(c4ccc5c(oc6ccccc65)c4C4(c5ccccc5)c5ccccc5-c5ccccc54)c4cccc5c4sc4ccccc45)cc32)cc1. The minimum absolute atomic E-state index is 0.597. The zero-order chi connectivity index (χ0) is 46.7. The summed E-state index contributed by atoms with van der Waals surface area (Å²) in [6.45, 7) is 0. The molecule has 0 spiro atoms. The van der Waals surface area contributed by atoms with E-state index in [1.807, 2.05) is 11.3 Å². The van der Waals surface area contributed by atoms with Gasteiger partial charge in [0.25, 0.3) is 0 Å². The van der Waals surface area contributed by atoms with Crippen molar-refractivity contribution in [3.8, 4) is 22.3 Å². The molecule has 0 aliphatic heterocycles. The maximum Gasteiger partial charge on any atom is 0.142 e. The van der Waals surface area contributed by atoms with Crippen LogP contribution in [0.1, 0.15) is 44.5 Å². The average Bonchev–Trinajstić information content (AvgIpc) is 4.19. The van der Waals surface area contributed by atoms with Crippen LogP contribution in [0.2, 0.25) is 0 Å². The van der Waals surface area contributed by atoms with Crippen molar-refractivity contribution in [1.29, 1.82) is 0 Å². The van der Waals surface area contributed by atoms with E-state index in [0.717, 1.165) is 44.6 Å². The molecule has 15 rings (SSSR count). The molecule has 11 aromatic carbocycles. The highest BCUT2D eigenvalue weighted by Crippen LogP contribution is 2.62. The summed E-state index contributed by atoms with van der Waals surface area (Å²) in [7, 11) is 0. The van der Waals surface area contributed by atoms with Crippen molar-refractivity contribution >= 4 is 70.5 Å². The van der Waals surface area contributed by atoms with E-state index in [0.29, 0.717) is 0 Å². The smallest absolute Gasteiger partial charge is 0.142 e. The number of rotatable bonds is 7. The second-order valence-corrected chi connectivity index (χ2v) is 20.0. The first-order valence-corrected chi connectivity index (χ1v) is 25.3. The molecule has 0 N–H and O–H groups in total. The maximum atomic E-state index is 7.41. The van der Waals surface area contributed by atoms with Gasteiger partial charge in [0.15, 0.2) is 0 Å². The molecule has 0 radical (unpaired) electrons. The second-order valence-electron chi connectivity index (χ2n) is 19.0. The summed E-state index contributed by atoms with van der Waals surface area (Å²) in [6, 6.07) is 96.8. The minimum Gasteiger partial charge on any atom is -0.456 e. The van der Waals surface area contributed by atoms with E-state index < -0.39 is 10.8 Å². The highest BCUT2D eigenvalue weighted by molar-refractivity contribution is 7.26. The fourth-order valence-corrected chi connectivity index (χ4v) is 14.1. The molecule has 2 aliphatic rings. The van der Waals surface area contributed by atoms with E-state index in [2.05, 4.69) is 266 Å². The first-order valence-electron chi connectivity index (χ1n) is 24.5. The standard InChI is InChI=1S/C68H43NOS/c1-4-21-44(22-5-1)67(45-23-6-2-7-24-45)56-33-15-10-29-50(56)51-40-39-47(43-59(51)67)69(61-36-20-32-55-53-31-14-19-38-63(53)71-66(55)61)60-42-41-54-52-30-13-18-37-62(52)70-65(54)64(60)68(46-25-8-3-9-26-46)57-34-16-11-27-48(57)49-28-12-17-35-58(49)68/h1-43H. The van der Waals surface area contributed by atoms with Gasteiger partial charge in [-0.2, -0.15) is 0 Å². The van der Waals surface area contributed by atoms with E-state index in [-0.39, 0.29) is 0 Å². The predicted octanol–water partition coefficient (Wildman–Crippen LogP) is 18.1. The highest BCUT2D eigenvalue weighted by atomic mass is 32.1. The number of furan rings is 1. The molecule has 2 nitrogen and oxygen atoms in total. The summed E-state index contributed by atoms with van der Waals surface area (Å²) in [4.78, 5) is 2.58. The van der Waals surface area contributed by atoms with Gasteiger partial charge in [-0.05, 0) is 104 Å². The van der Waals surface area contributed by atoms with Crippen LogP contribution in [0.5, 0.6) is 0 Å². The predicted molar refractivity (Wildman–Crippen MR) is 296 cm³/mol. The van der Waals surface area contributed by atoms with Crippen LogP contribution in [0.4, 0.5) is 17.1 Å². The molecule has 0 bridgehead atoms. The number of nitrogens with zero attached hydrogens (tertiary/aromatic N) is 1. The number of benzene rings is 11. The van der Waals surface area contributed by atoms with Crippen molar-refractivity contribution < 1.29 is 4.42 Å². The lowest BCUT2D eigenvalue weighted by atomic mass is 9.66. The van der Waals surface area contributed by atoms with Gasteiger partial charge >= 0.3 is 0 Å². The minimum atomic E-state index is -0.797. The fourth-order valence-electron chi connectivity index (χ4n) is 12.9. The molecule has 13 aromatic rings. The Morgan fingerprint density at radius 1 is 0.338 bits per heavy atom.